The second-order valence-electron chi connectivity index (χ2n) is 5.60. The van der Waals surface area contributed by atoms with Gasteiger partial charge in [-0.1, -0.05) is 11.6 Å². The second-order valence-corrected chi connectivity index (χ2v) is 8.71. The minimum atomic E-state index is -3.79. The first-order valence-corrected chi connectivity index (χ1v) is 10.3. The number of hydrazone groups is 1. The number of nitrogens with one attached hydrogen (secondary N) is 1. The molecule has 1 aromatic heterocycles. The summed E-state index contributed by atoms with van der Waals surface area (Å²) in [6, 6.07) is 8.43. The molecule has 1 aromatic carbocycles. The van der Waals surface area contributed by atoms with Crippen LogP contribution < -0.4 is 5.43 Å². The molecule has 7 nitrogen and oxygen atoms in total. The van der Waals surface area contributed by atoms with Gasteiger partial charge in [0, 0.05) is 11.6 Å². The Kier molecular flexibility index (Phi) is 5.81. The third kappa shape index (κ3) is 4.17. The summed E-state index contributed by atoms with van der Waals surface area (Å²) in [6.07, 6.45) is 2.37. The topological polar surface area (TPSA) is 92.0 Å². The first kappa shape index (κ1) is 19.1. The standard InChI is InChI=1S/C16H15BrClN3O4S/c17-15-8-5-12(25-15)10-19-20-16(22)14-2-1-9-21(14)26(23,24)13-6-3-11(18)4-7-13/h3-8,10,14H,1-2,9H2,(H,20,22)/b19-10-. The molecule has 2 heterocycles. The van der Waals surface area contributed by atoms with Crippen molar-refractivity contribution in [1.82, 2.24) is 9.73 Å². The number of rotatable bonds is 5. The lowest BCUT2D eigenvalue weighted by Gasteiger charge is -2.22. The number of sulfonamides is 1. The Morgan fingerprint density at radius 2 is 2.04 bits per heavy atom. The van der Waals surface area contributed by atoms with E-state index in [9.17, 15) is 13.2 Å². The summed E-state index contributed by atoms with van der Waals surface area (Å²) in [5.74, 6) is -0.0313. The van der Waals surface area contributed by atoms with Crippen LogP contribution in [-0.2, 0) is 14.8 Å². The van der Waals surface area contributed by atoms with Gasteiger partial charge in [-0.25, -0.2) is 13.8 Å². The van der Waals surface area contributed by atoms with Crippen LogP contribution in [0, 0.1) is 0 Å². The Morgan fingerprint density at radius 1 is 1.31 bits per heavy atom. The first-order valence-electron chi connectivity index (χ1n) is 7.73. The molecule has 1 atom stereocenters. The average molecular weight is 461 g/mol. The number of hydrogen-bond acceptors (Lipinski definition) is 5. The van der Waals surface area contributed by atoms with Crippen molar-refractivity contribution in [3.05, 3.63) is 51.9 Å². The van der Waals surface area contributed by atoms with E-state index in [1.54, 1.807) is 12.1 Å². The minimum absolute atomic E-state index is 0.102. The normalized spacial score (nSPS) is 18.5. The molecule has 2 aromatic rings. The number of furan rings is 1. The summed E-state index contributed by atoms with van der Waals surface area (Å²) in [4.78, 5) is 12.5. The van der Waals surface area contributed by atoms with Gasteiger partial charge in [0.1, 0.15) is 11.8 Å². The number of benzene rings is 1. The van der Waals surface area contributed by atoms with E-state index >= 15 is 0 Å². The highest BCUT2D eigenvalue weighted by atomic mass is 79.9. The van der Waals surface area contributed by atoms with Crippen LogP contribution in [0.1, 0.15) is 18.6 Å². The Hall–Kier alpha value is -1.68. The molecule has 3 rings (SSSR count). The Morgan fingerprint density at radius 3 is 2.69 bits per heavy atom. The number of carbonyl (C=O) groups excluding carboxylic acids is 1. The van der Waals surface area contributed by atoms with Crippen LogP contribution >= 0.6 is 27.5 Å². The first-order chi connectivity index (χ1) is 12.4. The lowest BCUT2D eigenvalue weighted by Crippen LogP contribution is -2.44. The zero-order valence-corrected chi connectivity index (χ0v) is 16.6. The van der Waals surface area contributed by atoms with Crippen molar-refractivity contribution in [2.45, 2.75) is 23.8 Å². The van der Waals surface area contributed by atoms with E-state index in [2.05, 4.69) is 26.5 Å². The molecule has 1 saturated heterocycles. The molecule has 0 spiro atoms. The van der Waals surface area contributed by atoms with Crippen LogP contribution in [0.3, 0.4) is 0 Å². The number of amides is 1. The van der Waals surface area contributed by atoms with Crippen LogP contribution in [0.4, 0.5) is 0 Å². The molecule has 26 heavy (non-hydrogen) atoms. The summed E-state index contributed by atoms with van der Waals surface area (Å²) in [7, 11) is -3.79. The van der Waals surface area contributed by atoms with Gasteiger partial charge in [-0.3, -0.25) is 4.79 Å². The van der Waals surface area contributed by atoms with Crippen LogP contribution in [0.15, 0.2) is 55.5 Å². The van der Waals surface area contributed by atoms with Gasteiger partial charge in [-0.2, -0.15) is 9.41 Å². The number of carbonyl (C=O) groups is 1. The highest BCUT2D eigenvalue weighted by Gasteiger charge is 2.39. The highest BCUT2D eigenvalue weighted by molar-refractivity contribution is 9.10. The quantitative estimate of drug-likeness (QED) is 0.548. The van der Waals surface area contributed by atoms with Crippen molar-refractivity contribution in [3.63, 3.8) is 0 Å². The summed E-state index contributed by atoms with van der Waals surface area (Å²) >= 11 is 8.98. The second kappa shape index (κ2) is 7.91. The monoisotopic (exact) mass is 459 g/mol. The molecule has 0 saturated carbocycles. The van der Waals surface area contributed by atoms with Crippen LogP contribution in [0.5, 0.6) is 0 Å². The van der Waals surface area contributed by atoms with E-state index in [0.717, 1.165) is 0 Å². The van der Waals surface area contributed by atoms with E-state index in [1.165, 1.54) is 34.8 Å². The van der Waals surface area contributed by atoms with Crippen molar-refractivity contribution >= 4 is 49.7 Å². The molecular weight excluding hydrogens is 446 g/mol. The molecule has 1 aliphatic heterocycles. The number of nitrogens with zero attached hydrogens (tertiary/aromatic N) is 2. The van der Waals surface area contributed by atoms with Crippen molar-refractivity contribution in [1.29, 1.82) is 0 Å². The fourth-order valence-corrected chi connectivity index (χ4v) is 4.77. The van der Waals surface area contributed by atoms with Gasteiger partial charge < -0.3 is 4.42 Å². The van der Waals surface area contributed by atoms with Crippen molar-refractivity contribution in [2.75, 3.05) is 6.54 Å². The lowest BCUT2D eigenvalue weighted by atomic mass is 10.2. The van der Waals surface area contributed by atoms with Crippen LogP contribution in [-0.4, -0.2) is 37.4 Å². The Bertz CT molecular complexity index is 927. The number of hydrogen-bond donors (Lipinski definition) is 1. The van der Waals surface area contributed by atoms with Crippen molar-refractivity contribution in [3.8, 4) is 0 Å². The molecule has 0 aliphatic carbocycles. The van der Waals surface area contributed by atoms with Crippen molar-refractivity contribution < 1.29 is 17.6 Å². The maximum Gasteiger partial charge on any atom is 0.258 e. The fourth-order valence-electron chi connectivity index (χ4n) is 2.66. The molecule has 138 valence electrons. The smallest absolute Gasteiger partial charge is 0.258 e. The van der Waals surface area contributed by atoms with Gasteiger partial charge >= 0.3 is 0 Å². The van der Waals surface area contributed by atoms with E-state index < -0.39 is 22.0 Å². The molecule has 1 amide bonds. The predicted octanol–water partition coefficient (Wildman–Crippen LogP) is 3.00. The zero-order valence-electron chi connectivity index (χ0n) is 13.4. The van der Waals surface area contributed by atoms with Gasteiger partial charge in [0.25, 0.3) is 5.91 Å². The zero-order chi connectivity index (χ0) is 18.7. The average Bonchev–Trinajstić information content (AvgIpc) is 3.24. The summed E-state index contributed by atoms with van der Waals surface area (Å²) in [5.41, 5.74) is 2.37. The van der Waals surface area contributed by atoms with Crippen LogP contribution in [0.25, 0.3) is 0 Å². The van der Waals surface area contributed by atoms with Gasteiger partial charge in [-0.05, 0) is 65.2 Å². The lowest BCUT2D eigenvalue weighted by molar-refractivity contribution is -0.124. The summed E-state index contributed by atoms with van der Waals surface area (Å²) < 4.78 is 32.6. The number of halogens is 2. The largest absolute Gasteiger partial charge is 0.448 e. The molecule has 1 fully saturated rings. The highest BCUT2D eigenvalue weighted by Crippen LogP contribution is 2.27. The van der Waals surface area contributed by atoms with Crippen molar-refractivity contribution in [2.24, 2.45) is 5.10 Å². The molecular formula is C16H15BrClN3O4S. The maximum atomic E-state index is 12.8. The summed E-state index contributed by atoms with van der Waals surface area (Å²) in [5, 5.41) is 4.27. The molecule has 1 aliphatic rings. The van der Waals surface area contributed by atoms with E-state index in [4.69, 9.17) is 16.0 Å². The third-order valence-electron chi connectivity index (χ3n) is 3.89. The summed E-state index contributed by atoms with van der Waals surface area (Å²) in [6.45, 7) is 0.276. The minimum Gasteiger partial charge on any atom is -0.448 e. The predicted molar refractivity (Wildman–Crippen MR) is 101 cm³/mol. The maximum absolute atomic E-state index is 12.8. The molecule has 1 unspecified atom stereocenters. The van der Waals surface area contributed by atoms with E-state index in [-0.39, 0.29) is 11.4 Å². The van der Waals surface area contributed by atoms with Gasteiger partial charge in [0.2, 0.25) is 10.0 Å². The van der Waals surface area contributed by atoms with Gasteiger partial charge in [-0.15, -0.1) is 0 Å². The van der Waals surface area contributed by atoms with Crippen LogP contribution in [0.2, 0.25) is 5.02 Å². The molecule has 0 bridgehead atoms. The molecule has 0 radical (unpaired) electrons. The molecule has 10 heteroatoms. The van der Waals surface area contributed by atoms with E-state index in [1.807, 2.05) is 0 Å². The van der Waals surface area contributed by atoms with Gasteiger partial charge in [0.15, 0.2) is 4.67 Å². The molecule has 1 N–H and O–H groups in total. The Labute approximate surface area is 164 Å². The fraction of sp³-hybridized carbons (Fsp3) is 0.250. The van der Waals surface area contributed by atoms with E-state index in [0.29, 0.717) is 28.3 Å². The third-order valence-corrected chi connectivity index (χ3v) is 6.49. The van der Waals surface area contributed by atoms with Gasteiger partial charge in [0.05, 0.1) is 11.1 Å². The SMILES string of the molecule is O=C(N/N=C\c1ccc(Br)o1)C1CCCN1S(=O)(=O)c1ccc(Cl)cc1. The Balaban J connectivity index is 1.71.